The molecule has 0 amide bonds. The predicted octanol–water partition coefficient (Wildman–Crippen LogP) is -0.971. The molecule has 0 aliphatic carbocycles. The van der Waals surface area contributed by atoms with Gasteiger partial charge in [0.1, 0.15) is 12.2 Å². The number of cyclic esters (lactones) is 1. The number of aliphatic hydroxyl groups is 1. The molecule has 7 heteroatoms. The molecule has 1 N–H and O–H groups in total. The average molecular weight is 224 g/mol. The summed E-state index contributed by atoms with van der Waals surface area (Å²) in [4.78, 5) is 10.7. The van der Waals surface area contributed by atoms with Crippen LogP contribution in [0, 0.1) is 0 Å². The molecule has 1 saturated heterocycles. The SMILES string of the molecule is CS(=O)(=O)O[C@H](CO)[C@@H]1CCC(=O)O1. The molecule has 2 atom stereocenters. The Kier molecular flexibility index (Phi) is 3.46. The van der Waals surface area contributed by atoms with Gasteiger partial charge in [-0.1, -0.05) is 0 Å². The Morgan fingerprint density at radius 3 is 2.71 bits per heavy atom. The quantitative estimate of drug-likeness (QED) is 0.488. The molecule has 1 rings (SSSR count). The maximum Gasteiger partial charge on any atom is 0.306 e. The third kappa shape index (κ3) is 3.24. The highest BCUT2D eigenvalue weighted by Gasteiger charge is 2.33. The van der Waals surface area contributed by atoms with E-state index in [1.165, 1.54) is 0 Å². The first-order valence-electron chi connectivity index (χ1n) is 4.11. The second-order valence-electron chi connectivity index (χ2n) is 3.09. The smallest absolute Gasteiger partial charge is 0.306 e. The number of carbonyl (C=O) groups is 1. The van der Waals surface area contributed by atoms with Crippen molar-refractivity contribution < 1.29 is 27.2 Å². The van der Waals surface area contributed by atoms with E-state index in [-0.39, 0.29) is 6.42 Å². The summed E-state index contributed by atoms with van der Waals surface area (Å²) in [7, 11) is -3.64. The van der Waals surface area contributed by atoms with E-state index in [9.17, 15) is 13.2 Å². The molecule has 0 aromatic heterocycles. The van der Waals surface area contributed by atoms with Crippen LogP contribution in [-0.4, -0.2) is 44.6 Å². The second-order valence-corrected chi connectivity index (χ2v) is 4.69. The Bertz CT molecular complexity index is 308. The minimum absolute atomic E-state index is 0.230. The van der Waals surface area contributed by atoms with Gasteiger partial charge in [-0.25, -0.2) is 0 Å². The lowest BCUT2D eigenvalue weighted by Gasteiger charge is -2.18. The summed E-state index contributed by atoms with van der Waals surface area (Å²) in [5.74, 6) is -0.398. The zero-order valence-electron chi connectivity index (χ0n) is 7.67. The van der Waals surface area contributed by atoms with E-state index in [4.69, 9.17) is 9.84 Å². The second kappa shape index (κ2) is 4.24. The van der Waals surface area contributed by atoms with Gasteiger partial charge in [-0.15, -0.1) is 0 Å². The van der Waals surface area contributed by atoms with Crippen LogP contribution in [0.15, 0.2) is 0 Å². The van der Waals surface area contributed by atoms with Crippen molar-refractivity contribution in [2.45, 2.75) is 25.0 Å². The first-order chi connectivity index (χ1) is 6.42. The first kappa shape index (κ1) is 11.4. The molecular weight excluding hydrogens is 212 g/mol. The Morgan fingerprint density at radius 2 is 2.36 bits per heavy atom. The maximum absolute atomic E-state index is 10.8. The molecule has 0 spiro atoms. The monoisotopic (exact) mass is 224 g/mol. The van der Waals surface area contributed by atoms with Crippen molar-refractivity contribution in [3.63, 3.8) is 0 Å². The van der Waals surface area contributed by atoms with Gasteiger partial charge in [-0.3, -0.25) is 8.98 Å². The molecule has 0 aromatic carbocycles. The van der Waals surface area contributed by atoms with Crippen LogP contribution in [0.2, 0.25) is 0 Å². The van der Waals surface area contributed by atoms with Gasteiger partial charge >= 0.3 is 5.97 Å². The van der Waals surface area contributed by atoms with Crippen molar-refractivity contribution >= 4 is 16.1 Å². The summed E-state index contributed by atoms with van der Waals surface area (Å²) in [5, 5.41) is 8.86. The number of aliphatic hydroxyl groups excluding tert-OH is 1. The molecular formula is C7H12O6S. The number of hydrogen-bond acceptors (Lipinski definition) is 6. The number of hydrogen-bond donors (Lipinski definition) is 1. The molecule has 6 nitrogen and oxygen atoms in total. The Balaban J connectivity index is 2.59. The van der Waals surface area contributed by atoms with Gasteiger partial charge in [0.25, 0.3) is 10.1 Å². The molecule has 0 bridgehead atoms. The molecule has 0 radical (unpaired) electrons. The minimum atomic E-state index is -3.64. The van der Waals surface area contributed by atoms with Gasteiger partial charge in [0, 0.05) is 6.42 Å². The van der Waals surface area contributed by atoms with Gasteiger partial charge in [0.15, 0.2) is 0 Å². The van der Waals surface area contributed by atoms with Crippen LogP contribution in [0.5, 0.6) is 0 Å². The predicted molar refractivity (Wildman–Crippen MR) is 45.9 cm³/mol. The lowest BCUT2D eigenvalue weighted by Crippen LogP contribution is -2.34. The molecule has 1 heterocycles. The first-order valence-corrected chi connectivity index (χ1v) is 5.92. The Morgan fingerprint density at radius 1 is 1.71 bits per heavy atom. The van der Waals surface area contributed by atoms with E-state index in [0.717, 1.165) is 6.26 Å². The van der Waals surface area contributed by atoms with Gasteiger partial charge in [0.2, 0.25) is 0 Å². The summed E-state index contributed by atoms with van der Waals surface area (Å²) in [6.45, 7) is -0.495. The van der Waals surface area contributed by atoms with Crippen molar-refractivity contribution in [2.75, 3.05) is 12.9 Å². The van der Waals surface area contributed by atoms with Crippen LogP contribution in [0.25, 0.3) is 0 Å². The Hall–Kier alpha value is -0.660. The zero-order valence-corrected chi connectivity index (χ0v) is 8.49. The summed E-state index contributed by atoms with van der Waals surface area (Å²) in [6, 6.07) is 0. The van der Waals surface area contributed by atoms with E-state index < -0.39 is 34.9 Å². The normalized spacial score (nSPS) is 24.7. The van der Waals surface area contributed by atoms with Crippen LogP contribution in [0.4, 0.5) is 0 Å². The zero-order chi connectivity index (χ0) is 10.8. The minimum Gasteiger partial charge on any atom is -0.459 e. The van der Waals surface area contributed by atoms with Crippen molar-refractivity contribution in [1.82, 2.24) is 0 Å². The van der Waals surface area contributed by atoms with Gasteiger partial charge in [0.05, 0.1) is 12.9 Å². The molecule has 0 aromatic rings. The largest absolute Gasteiger partial charge is 0.459 e. The van der Waals surface area contributed by atoms with E-state index in [1.54, 1.807) is 0 Å². The third-order valence-electron chi connectivity index (χ3n) is 1.81. The van der Waals surface area contributed by atoms with Crippen molar-refractivity contribution in [1.29, 1.82) is 0 Å². The van der Waals surface area contributed by atoms with E-state index in [2.05, 4.69) is 4.18 Å². The van der Waals surface area contributed by atoms with E-state index in [1.807, 2.05) is 0 Å². The van der Waals surface area contributed by atoms with E-state index >= 15 is 0 Å². The Labute approximate surface area is 81.9 Å². The molecule has 14 heavy (non-hydrogen) atoms. The number of esters is 1. The van der Waals surface area contributed by atoms with Gasteiger partial charge < -0.3 is 9.84 Å². The van der Waals surface area contributed by atoms with Crippen molar-refractivity contribution in [2.24, 2.45) is 0 Å². The summed E-state index contributed by atoms with van der Waals surface area (Å²) in [6.07, 6.45) is -0.168. The third-order valence-corrected chi connectivity index (χ3v) is 2.41. The fourth-order valence-corrected chi connectivity index (χ4v) is 1.88. The fraction of sp³-hybridized carbons (Fsp3) is 0.857. The van der Waals surface area contributed by atoms with Gasteiger partial charge in [-0.2, -0.15) is 8.42 Å². The maximum atomic E-state index is 10.8. The highest BCUT2D eigenvalue weighted by Crippen LogP contribution is 2.19. The lowest BCUT2D eigenvalue weighted by atomic mass is 10.1. The number of rotatable bonds is 4. The number of ether oxygens (including phenoxy) is 1. The molecule has 82 valence electrons. The summed E-state index contributed by atoms with van der Waals surface area (Å²) in [5.41, 5.74) is 0. The van der Waals surface area contributed by atoms with Crippen LogP contribution < -0.4 is 0 Å². The lowest BCUT2D eigenvalue weighted by molar-refractivity contribution is -0.145. The molecule has 1 aliphatic rings. The van der Waals surface area contributed by atoms with Gasteiger partial charge in [-0.05, 0) is 6.42 Å². The number of carbonyl (C=O) groups excluding carboxylic acids is 1. The fourth-order valence-electron chi connectivity index (χ4n) is 1.24. The van der Waals surface area contributed by atoms with Crippen molar-refractivity contribution in [3.05, 3.63) is 0 Å². The van der Waals surface area contributed by atoms with Crippen LogP contribution in [-0.2, 0) is 23.8 Å². The summed E-state index contributed by atoms with van der Waals surface area (Å²) >= 11 is 0. The topological polar surface area (TPSA) is 89.9 Å². The highest BCUT2D eigenvalue weighted by molar-refractivity contribution is 7.86. The molecule has 0 unspecified atom stereocenters. The van der Waals surface area contributed by atoms with Crippen molar-refractivity contribution in [3.8, 4) is 0 Å². The van der Waals surface area contributed by atoms with Crippen LogP contribution >= 0.6 is 0 Å². The molecule has 1 fully saturated rings. The van der Waals surface area contributed by atoms with Crippen LogP contribution in [0.1, 0.15) is 12.8 Å². The highest BCUT2D eigenvalue weighted by atomic mass is 32.2. The molecule has 0 saturated carbocycles. The van der Waals surface area contributed by atoms with Crippen LogP contribution in [0.3, 0.4) is 0 Å². The molecule has 1 aliphatic heterocycles. The van der Waals surface area contributed by atoms with E-state index in [0.29, 0.717) is 6.42 Å². The standard InChI is InChI=1S/C7H12O6S/c1-14(10,11)13-6(4-8)5-2-3-7(9)12-5/h5-6,8H,2-4H2,1H3/t5-,6+/m0/s1. The average Bonchev–Trinajstić information content (AvgIpc) is 2.46. The summed E-state index contributed by atoms with van der Waals surface area (Å²) < 4.78 is 30.9.